The van der Waals surface area contributed by atoms with Crippen LogP contribution in [-0.4, -0.2) is 19.5 Å². The molecule has 0 spiro atoms. The molecule has 5 heteroatoms. The van der Waals surface area contributed by atoms with Crippen LogP contribution in [-0.2, 0) is 0 Å². The van der Waals surface area contributed by atoms with Gasteiger partial charge in [0.15, 0.2) is 18.2 Å². The molecule has 0 unspecified atom stereocenters. The normalized spacial score (nSPS) is 10.9. The SMILES string of the molecule is COc1ccc(C(=O)COc2c(-c3ccc(C)cc3)oc3c(C)cc(C)cc3c2=O)cc1. The second-order valence-electron chi connectivity index (χ2n) is 7.85. The molecule has 3 aromatic carbocycles. The first-order chi connectivity index (χ1) is 15.4. The fourth-order valence-electron chi connectivity index (χ4n) is 3.66. The molecule has 0 N–H and O–H groups in total. The average molecular weight is 428 g/mol. The molecule has 5 nitrogen and oxygen atoms in total. The molecular weight excluding hydrogens is 404 g/mol. The second-order valence-corrected chi connectivity index (χ2v) is 7.85. The summed E-state index contributed by atoms with van der Waals surface area (Å²) >= 11 is 0. The molecule has 0 amide bonds. The Kier molecular flexibility index (Phi) is 5.82. The van der Waals surface area contributed by atoms with Gasteiger partial charge in [-0.15, -0.1) is 0 Å². The molecule has 0 saturated heterocycles. The quantitative estimate of drug-likeness (QED) is 0.371. The minimum absolute atomic E-state index is 0.0354. The monoisotopic (exact) mass is 428 g/mol. The van der Waals surface area contributed by atoms with Crippen LogP contribution in [0.5, 0.6) is 11.5 Å². The molecule has 4 rings (SSSR count). The molecule has 1 aromatic heterocycles. The van der Waals surface area contributed by atoms with Crippen LogP contribution in [0.1, 0.15) is 27.0 Å². The van der Waals surface area contributed by atoms with E-state index in [1.54, 1.807) is 37.4 Å². The summed E-state index contributed by atoms with van der Waals surface area (Å²) in [7, 11) is 1.56. The number of ketones is 1. The minimum atomic E-state index is -0.295. The topological polar surface area (TPSA) is 65.7 Å². The van der Waals surface area contributed by atoms with E-state index in [0.29, 0.717) is 33.6 Å². The summed E-state index contributed by atoms with van der Waals surface area (Å²) in [6.07, 6.45) is 0. The fourth-order valence-corrected chi connectivity index (χ4v) is 3.66. The van der Waals surface area contributed by atoms with E-state index in [-0.39, 0.29) is 23.6 Å². The molecular formula is C27H24O5. The van der Waals surface area contributed by atoms with Crippen molar-refractivity contribution in [3.05, 3.63) is 93.1 Å². The van der Waals surface area contributed by atoms with Crippen LogP contribution in [0, 0.1) is 20.8 Å². The van der Waals surface area contributed by atoms with E-state index in [9.17, 15) is 9.59 Å². The molecule has 1 heterocycles. The Morgan fingerprint density at radius 3 is 2.25 bits per heavy atom. The lowest BCUT2D eigenvalue weighted by atomic mass is 10.0. The van der Waals surface area contributed by atoms with Crippen molar-refractivity contribution in [1.82, 2.24) is 0 Å². The molecule has 162 valence electrons. The number of benzene rings is 3. The fraction of sp³-hybridized carbons (Fsp3) is 0.185. The number of carbonyl (C=O) groups excluding carboxylic acids is 1. The number of Topliss-reactive ketones (excluding diaryl/α,β-unsaturated/α-hetero) is 1. The predicted molar refractivity (Wildman–Crippen MR) is 125 cm³/mol. The van der Waals surface area contributed by atoms with E-state index in [4.69, 9.17) is 13.9 Å². The molecule has 0 aliphatic heterocycles. The van der Waals surface area contributed by atoms with E-state index in [0.717, 1.165) is 16.7 Å². The van der Waals surface area contributed by atoms with Gasteiger partial charge in [0.05, 0.1) is 12.5 Å². The zero-order valence-electron chi connectivity index (χ0n) is 18.5. The smallest absolute Gasteiger partial charge is 0.235 e. The highest BCUT2D eigenvalue weighted by atomic mass is 16.5. The number of hydrogen-bond donors (Lipinski definition) is 0. The Balaban J connectivity index is 1.78. The third-order valence-electron chi connectivity index (χ3n) is 5.35. The van der Waals surface area contributed by atoms with Crippen molar-refractivity contribution >= 4 is 16.8 Å². The maximum Gasteiger partial charge on any atom is 0.235 e. The van der Waals surface area contributed by atoms with Gasteiger partial charge in [-0.25, -0.2) is 0 Å². The number of rotatable bonds is 6. The molecule has 0 fully saturated rings. The van der Waals surface area contributed by atoms with Gasteiger partial charge in [0, 0.05) is 11.1 Å². The Morgan fingerprint density at radius 1 is 0.906 bits per heavy atom. The van der Waals surface area contributed by atoms with Crippen LogP contribution in [0.2, 0.25) is 0 Å². The lowest BCUT2D eigenvalue weighted by Crippen LogP contribution is -2.17. The van der Waals surface area contributed by atoms with Crippen molar-refractivity contribution in [2.75, 3.05) is 13.7 Å². The van der Waals surface area contributed by atoms with Crippen molar-refractivity contribution in [3.8, 4) is 22.8 Å². The van der Waals surface area contributed by atoms with E-state index in [2.05, 4.69) is 0 Å². The first-order valence-electron chi connectivity index (χ1n) is 10.3. The molecule has 0 aliphatic carbocycles. The average Bonchev–Trinajstić information content (AvgIpc) is 2.79. The molecule has 32 heavy (non-hydrogen) atoms. The number of ether oxygens (including phenoxy) is 2. The van der Waals surface area contributed by atoms with Crippen LogP contribution >= 0.6 is 0 Å². The van der Waals surface area contributed by atoms with E-state index in [1.165, 1.54) is 0 Å². The number of aryl methyl sites for hydroxylation is 3. The van der Waals surface area contributed by atoms with Crippen LogP contribution < -0.4 is 14.9 Å². The van der Waals surface area contributed by atoms with Crippen molar-refractivity contribution in [2.24, 2.45) is 0 Å². The van der Waals surface area contributed by atoms with Gasteiger partial charge in [-0.2, -0.15) is 0 Å². The lowest BCUT2D eigenvalue weighted by Gasteiger charge is -2.13. The lowest BCUT2D eigenvalue weighted by molar-refractivity contribution is 0.0920. The van der Waals surface area contributed by atoms with Gasteiger partial charge in [0.1, 0.15) is 11.3 Å². The maximum absolute atomic E-state index is 13.4. The molecule has 0 aliphatic rings. The van der Waals surface area contributed by atoms with Gasteiger partial charge in [-0.1, -0.05) is 35.9 Å². The van der Waals surface area contributed by atoms with Gasteiger partial charge >= 0.3 is 0 Å². The molecule has 0 saturated carbocycles. The largest absolute Gasteiger partial charge is 0.497 e. The van der Waals surface area contributed by atoms with Gasteiger partial charge in [0.25, 0.3) is 0 Å². The van der Waals surface area contributed by atoms with Crippen LogP contribution in [0.25, 0.3) is 22.3 Å². The molecule has 0 bridgehead atoms. The van der Waals surface area contributed by atoms with Gasteiger partial charge < -0.3 is 13.9 Å². The molecule has 0 atom stereocenters. The minimum Gasteiger partial charge on any atom is -0.497 e. The zero-order chi connectivity index (χ0) is 22.8. The maximum atomic E-state index is 13.4. The number of hydrogen-bond acceptors (Lipinski definition) is 5. The highest BCUT2D eigenvalue weighted by Gasteiger charge is 2.20. The summed E-state index contributed by atoms with van der Waals surface area (Å²) in [6.45, 7) is 5.53. The highest BCUT2D eigenvalue weighted by Crippen LogP contribution is 2.32. The summed E-state index contributed by atoms with van der Waals surface area (Å²) in [5.74, 6) is 0.762. The number of carbonyl (C=O) groups is 1. The van der Waals surface area contributed by atoms with Crippen molar-refractivity contribution in [2.45, 2.75) is 20.8 Å². The van der Waals surface area contributed by atoms with Gasteiger partial charge in [0.2, 0.25) is 11.2 Å². The Morgan fingerprint density at radius 2 is 1.59 bits per heavy atom. The Hall–Kier alpha value is -3.86. The Bertz CT molecular complexity index is 1350. The highest BCUT2D eigenvalue weighted by molar-refractivity contribution is 5.97. The first kappa shape index (κ1) is 21.4. The molecule has 4 aromatic rings. The number of fused-ring (bicyclic) bond motifs is 1. The standard InChI is InChI=1S/C27H24O5/c1-16-5-7-20(8-6-16)26-27(24(29)22-14-17(2)13-18(3)25(22)32-26)31-15-23(28)19-9-11-21(30-4)12-10-19/h5-14H,15H2,1-4H3. The van der Waals surface area contributed by atoms with Crippen LogP contribution in [0.15, 0.2) is 69.9 Å². The van der Waals surface area contributed by atoms with E-state index >= 15 is 0 Å². The summed E-state index contributed by atoms with van der Waals surface area (Å²) in [5, 5.41) is 0.435. The van der Waals surface area contributed by atoms with Crippen LogP contribution in [0.3, 0.4) is 0 Å². The summed E-state index contributed by atoms with van der Waals surface area (Å²) in [4.78, 5) is 26.1. The molecule has 0 radical (unpaired) electrons. The van der Waals surface area contributed by atoms with Crippen molar-refractivity contribution in [1.29, 1.82) is 0 Å². The first-order valence-corrected chi connectivity index (χ1v) is 10.3. The van der Waals surface area contributed by atoms with Gasteiger partial charge in [-0.05, 0) is 62.2 Å². The predicted octanol–water partition coefficient (Wildman–Crippen LogP) is 5.66. The second kappa shape index (κ2) is 8.71. The van der Waals surface area contributed by atoms with Crippen LogP contribution in [0.4, 0.5) is 0 Å². The van der Waals surface area contributed by atoms with E-state index < -0.39 is 0 Å². The Labute approximate surface area is 186 Å². The third-order valence-corrected chi connectivity index (χ3v) is 5.35. The third kappa shape index (κ3) is 4.14. The zero-order valence-corrected chi connectivity index (χ0v) is 18.5. The summed E-state index contributed by atoms with van der Waals surface area (Å²) < 4.78 is 17.2. The summed E-state index contributed by atoms with van der Waals surface area (Å²) in [5.41, 5.74) is 4.31. The van der Waals surface area contributed by atoms with Gasteiger partial charge in [-0.3, -0.25) is 9.59 Å². The summed E-state index contributed by atoms with van der Waals surface area (Å²) in [6, 6.07) is 18.1. The van der Waals surface area contributed by atoms with Crippen molar-refractivity contribution in [3.63, 3.8) is 0 Å². The van der Waals surface area contributed by atoms with E-state index in [1.807, 2.05) is 51.1 Å². The van der Waals surface area contributed by atoms with Crippen molar-refractivity contribution < 1.29 is 18.7 Å². The number of methoxy groups -OCH3 is 1.